The van der Waals surface area contributed by atoms with E-state index in [4.69, 9.17) is 0 Å². The molecule has 0 amide bonds. The van der Waals surface area contributed by atoms with Crippen molar-refractivity contribution in [1.82, 2.24) is 15.2 Å². The summed E-state index contributed by atoms with van der Waals surface area (Å²) in [6.45, 7) is 11.3. The molecule has 3 nitrogen and oxygen atoms in total. The molecule has 2 heterocycles. The Kier molecular flexibility index (Phi) is 3.79. The van der Waals surface area contributed by atoms with Crippen molar-refractivity contribution in [1.29, 1.82) is 0 Å². The Bertz CT molecular complexity index is 348. The van der Waals surface area contributed by atoms with Crippen molar-refractivity contribution in [2.45, 2.75) is 33.4 Å². The van der Waals surface area contributed by atoms with Crippen molar-refractivity contribution in [3.8, 4) is 0 Å². The van der Waals surface area contributed by atoms with E-state index in [9.17, 15) is 0 Å². The van der Waals surface area contributed by atoms with Gasteiger partial charge in [0.1, 0.15) is 0 Å². The Balaban J connectivity index is 2.07. The lowest BCUT2D eigenvalue weighted by atomic mass is 9.93. The van der Waals surface area contributed by atoms with Crippen molar-refractivity contribution in [3.63, 3.8) is 0 Å². The SMILES string of the molecule is CC1CNCC(C)(C)CN1Cc1cccnc1. The average molecular weight is 233 g/mol. The normalized spacial score (nSPS) is 25.5. The minimum absolute atomic E-state index is 0.340. The molecule has 1 atom stereocenters. The molecule has 0 saturated carbocycles. The maximum Gasteiger partial charge on any atom is 0.0312 e. The first-order chi connectivity index (χ1) is 8.07. The lowest BCUT2D eigenvalue weighted by molar-refractivity contribution is 0.158. The van der Waals surface area contributed by atoms with Crippen LogP contribution < -0.4 is 5.32 Å². The molecule has 1 unspecified atom stereocenters. The summed E-state index contributed by atoms with van der Waals surface area (Å²) in [4.78, 5) is 6.75. The summed E-state index contributed by atoms with van der Waals surface area (Å²) in [5, 5.41) is 3.55. The van der Waals surface area contributed by atoms with E-state index < -0.39 is 0 Å². The van der Waals surface area contributed by atoms with E-state index in [1.807, 2.05) is 18.5 Å². The van der Waals surface area contributed by atoms with E-state index in [1.165, 1.54) is 5.56 Å². The number of rotatable bonds is 2. The summed E-state index contributed by atoms with van der Waals surface area (Å²) in [6, 6.07) is 4.75. The molecule has 0 bridgehead atoms. The molecule has 0 radical (unpaired) electrons. The first kappa shape index (κ1) is 12.5. The van der Waals surface area contributed by atoms with Crippen LogP contribution in [-0.4, -0.2) is 35.6 Å². The van der Waals surface area contributed by atoms with Crippen molar-refractivity contribution in [2.24, 2.45) is 5.41 Å². The van der Waals surface area contributed by atoms with Crippen LogP contribution in [0.3, 0.4) is 0 Å². The van der Waals surface area contributed by atoms with Gasteiger partial charge >= 0.3 is 0 Å². The largest absolute Gasteiger partial charge is 0.315 e. The monoisotopic (exact) mass is 233 g/mol. The topological polar surface area (TPSA) is 28.2 Å². The zero-order valence-electron chi connectivity index (χ0n) is 11.1. The van der Waals surface area contributed by atoms with Gasteiger partial charge in [0, 0.05) is 44.6 Å². The first-order valence-corrected chi connectivity index (χ1v) is 6.40. The van der Waals surface area contributed by atoms with Gasteiger partial charge < -0.3 is 5.32 Å². The van der Waals surface area contributed by atoms with Crippen LogP contribution in [0.1, 0.15) is 26.3 Å². The lowest BCUT2D eigenvalue weighted by Crippen LogP contribution is -2.39. The maximum absolute atomic E-state index is 4.19. The fourth-order valence-electron chi connectivity index (χ4n) is 2.45. The third kappa shape index (κ3) is 3.51. The molecule has 1 fully saturated rings. The van der Waals surface area contributed by atoms with Gasteiger partial charge in [-0.2, -0.15) is 0 Å². The highest BCUT2D eigenvalue weighted by Gasteiger charge is 2.28. The highest BCUT2D eigenvalue weighted by atomic mass is 15.2. The van der Waals surface area contributed by atoms with Crippen LogP contribution in [0.25, 0.3) is 0 Å². The summed E-state index contributed by atoms with van der Waals surface area (Å²) in [7, 11) is 0. The first-order valence-electron chi connectivity index (χ1n) is 6.40. The summed E-state index contributed by atoms with van der Waals surface area (Å²) in [5.41, 5.74) is 1.64. The molecule has 1 N–H and O–H groups in total. The molecule has 1 aromatic heterocycles. The lowest BCUT2D eigenvalue weighted by Gasteiger charge is -2.32. The van der Waals surface area contributed by atoms with Gasteiger partial charge in [0.25, 0.3) is 0 Å². The summed E-state index contributed by atoms with van der Waals surface area (Å²) in [5.74, 6) is 0. The second-order valence-corrected chi connectivity index (χ2v) is 5.91. The van der Waals surface area contributed by atoms with Crippen molar-refractivity contribution in [3.05, 3.63) is 30.1 Å². The number of nitrogens with one attached hydrogen (secondary N) is 1. The van der Waals surface area contributed by atoms with Gasteiger partial charge in [-0.3, -0.25) is 9.88 Å². The second kappa shape index (κ2) is 5.15. The Morgan fingerprint density at radius 1 is 1.53 bits per heavy atom. The maximum atomic E-state index is 4.19. The molecular formula is C14H23N3. The Hall–Kier alpha value is -0.930. The summed E-state index contributed by atoms with van der Waals surface area (Å²) < 4.78 is 0. The van der Waals surface area contributed by atoms with E-state index in [0.29, 0.717) is 11.5 Å². The minimum atomic E-state index is 0.340. The van der Waals surface area contributed by atoms with Gasteiger partial charge in [-0.05, 0) is 24.0 Å². The fraction of sp³-hybridized carbons (Fsp3) is 0.643. The molecule has 0 aromatic carbocycles. The Morgan fingerprint density at radius 3 is 3.06 bits per heavy atom. The van der Waals surface area contributed by atoms with Crippen LogP contribution in [0.5, 0.6) is 0 Å². The number of pyridine rings is 1. The van der Waals surface area contributed by atoms with Gasteiger partial charge in [-0.1, -0.05) is 19.9 Å². The standard InChI is InChI=1S/C14H23N3/c1-12-7-16-10-14(2,3)11-17(12)9-13-5-4-6-15-8-13/h4-6,8,12,16H,7,9-11H2,1-3H3. The number of hydrogen-bond acceptors (Lipinski definition) is 3. The zero-order chi connectivity index (χ0) is 12.3. The van der Waals surface area contributed by atoms with E-state index in [1.54, 1.807) is 0 Å². The highest BCUT2D eigenvalue weighted by molar-refractivity contribution is 5.08. The third-order valence-electron chi connectivity index (χ3n) is 3.41. The van der Waals surface area contributed by atoms with Crippen LogP contribution in [0.2, 0.25) is 0 Å². The van der Waals surface area contributed by atoms with E-state index in [0.717, 1.165) is 26.2 Å². The van der Waals surface area contributed by atoms with Crippen LogP contribution >= 0.6 is 0 Å². The molecule has 1 saturated heterocycles. The Morgan fingerprint density at radius 2 is 2.35 bits per heavy atom. The van der Waals surface area contributed by atoms with Gasteiger partial charge in [0.15, 0.2) is 0 Å². The van der Waals surface area contributed by atoms with Crippen LogP contribution in [0.4, 0.5) is 0 Å². The summed E-state index contributed by atoms with van der Waals surface area (Å²) >= 11 is 0. The van der Waals surface area contributed by atoms with Gasteiger partial charge in [-0.25, -0.2) is 0 Å². The molecule has 1 aliphatic rings. The molecule has 2 rings (SSSR count). The van der Waals surface area contributed by atoms with Gasteiger partial charge in [-0.15, -0.1) is 0 Å². The van der Waals surface area contributed by atoms with Gasteiger partial charge in [0.05, 0.1) is 0 Å². The predicted octanol–water partition coefficient (Wildman–Crippen LogP) is 1.90. The van der Waals surface area contributed by atoms with Crippen molar-refractivity contribution >= 4 is 0 Å². The number of aromatic nitrogens is 1. The predicted molar refractivity (Wildman–Crippen MR) is 70.8 cm³/mol. The smallest absolute Gasteiger partial charge is 0.0312 e. The van der Waals surface area contributed by atoms with E-state index in [-0.39, 0.29) is 0 Å². The molecule has 17 heavy (non-hydrogen) atoms. The number of nitrogens with zero attached hydrogens (tertiary/aromatic N) is 2. The quantitative estimate of drug-likeness (QED) is 0.845. The molecule has 0 aliphatic carbocycles. The molecule has 1 aromatic rings. The fourth-order valence-corrected chi connectivity index (χ4v) is 2.45. The average Bonchev–Trinajstić information content (AvgIpc) is 2.40. The zero-order valence-corrected chi connectivity index (χ0v) is 11.1. The number of hydrogen-bond donors (Lipinski definition) is 1. The van der Waals surface area contributed by atoms with Crippen molar-refractivity contribution < 1.29 is 0 Å². The van der Waals surface area contributed by atoms with Crippen molar-refractivity contribution in [2.75, 3.05) is 19.6 Å². The third-order valence-corrected chi connectivity index (χ3v) is 3.41. The second-order valence-electron chi connectivity index (χ2n) is 5.91. The summed E-state index contributed by atoms with van der Waals surface area (Å²) in [6.07, 6.45) is 3.80. The van der Waals surface area contributed by atoms with Crippen LogP contribution in [0, 0.1) is 5.41 Å². The van der Waals surface area contributed by atoms with E-state index in [2.05, 4.69) is 42.0 Å². The molecule has 94 valence electrons. The minimum Gasteiger partial charge on any atom is -0.315 e. The van der Waals surface area contributed by atoms with E-state index >= 15 is 0 Å². The highest BCUT2D eigenvalue weighted by Crippen LogP contribution is 2.21. The molecular weight excluding hydrogens is 210 g/mol. The Labute approximate surface area is 104 Å². The molecule has 3 heteroatoms. The molecule has 1 aliphatic heterocycles. The van der Waals surface area contributed by atoms with Crippen LogP contribution in [0.15, 0.2) is 24.5 Å². The molecule has 0 spiro atoms. The van der Waals surface area contributed by atoms with Crippen LogP contribution in [-0.2, 0) is 6.54 Å². The van der Waals surface area contributed by atoms with Gasteiger partial charge in [0.2, 0.25) is 0 Å².